The Bertz CT molecular complexity index is 1280. The maximum atomic E-state index is 13.1. The lowest BCUT2D eigenvalue weighted by Gasteiger charge is -2.26. The Labute approximate surface area is 264 Å². The molecule has 238 valence electrons. The van der Waals surface area contributed by atoms with E-state index in [9.17, 15) is 24.5 Å². The van der Waals surface area contributed by atoms with Crippen LogP contribution >= 0.6 is 11.6 Å². The molecule has 1 aliphatic rings. The molecule has 2 aromatic carbocycles. The number of unbranched alkanes of at least 4 members (excludes halogenated alkanes) is 3. The number of carbonyl (C=O) groups is 3. The van der Waals surface area contributed by atoms with Gasteiger partial charge in [0.05, 0.1) is 17.6 Å². The molecule has 44 heavy (non-hydrogen) atoms. The van der Waals surface area contributed by atoms with Gasteiger partial charge in [0.15, 0.2) is 0 Å². The SMILES string of the molecule is CCCCCC(OC(C)=O)c1ccc([C@H]2C(OC(=O)c3ccc([N+](=O)[O-])cc3)C[C@@H](Cl)[C@@H]2CC=CCCCC(=O)OC)cc1. The first-order chi connectivity index (χ1) is 21.1. The van der Waals surface area contributed by atoms with Crippen molar-refractivity contribution in [2.75, 3.05) is 7.11 Å². The van der Waals surface area contributed by atoms with E-state index in [1.807, 2.05) is 30.3 Å². The Hall–Kier alpha value is -3.72. The molecule has 9 nitrogen and oxygen atoms in total. The summed E-state index contributed by atoms with van der Waals surface area (Å²) in [5.74, 6) is -1.38. The Balaban J connectivity index is 1.82. The smallest absolute Gasteiger partial charge is 0.338 e. The van der Waals surface area contributed by atoms with Crippen molar-refractivity contribution in [1.82, 2.24) is 0 Å². The molecule has 1 fully saturated rings. The number of non-ortho nitro benzene ring substituents is 1. The van der Waals surface area contributed by atoms with Crippen LogP contribution in [-0.2, 0) is 23.8 Å². The van der Waals surface area contributed by atoms with Crippen LogP contribution in [0.2, 0.25) is 0 Å². The first kappa shape index (κ1) is 34.8. The van der Waals surface area contributed by atoms with Crippen molar-refractivity contribution in [3.63, 3.8) is 0 Å². The molecule has 0 amide bonds. The fraction of sp³-hybridized carbons (Fsp3) is 0.500. The predicted octanol–water partition coefficient (Wildman–Crippen LogP) is 8.01. The van der Waals surface area contributed by atoms with Crippen molar-refractivity contribution >= 4 is 35.2 Å². The highest BCUT2D eigenvalue weighted by Gasteiger charge is 2.45. The van der Waals surface area contributed by atoms with Gasteiger partial charge in [-0.1, -0.05) is 56.2 Å². The predicted molar refractivity (Wildman–Crippen MR) is 168 cm³/mol. The molecule has 0 saturated heterocycles. The molecule has 0 N–H and O–H groups in total. The summed E-state index contributed by atoms with van der Waals surface area (Å²) in [6, 6.07) is 13.2. The first-order valence-electron chi connectivity index (χ1n) is 15.2. The summed E-state index contributed by atoms with van der Waals surface area (Å²) in [5, 5.41) is 10.8. The monoisotopic (exact) mass is 627 g/mol. The van der Waals surface area contributed by atoms with Gasteiger partial charge >= 0.3 is 17.9 Å². The van der Waals surface area contributed by atoms with Crippen LogP contribution in [0, 0.1) is 16.0 Å². The normalized spacial score (nSPS) is 20.3. The van der Waals surface area contributed by atoms with Crippen LogP contribution < -0.4 is 0 Å². The molecule has 10 heteroatoms. The first-order valence-corrected chi connectivity index (χ1v) is 15.7. The van der Waals surface area contributed by atoms with Gasteiger partial charge in [-0.2, -0.15) is 0 Å². The van der Waals surface area contributed by atoms with E-state index in [0.717, 1.165) is 43.2 Å². The molecular weight excluding hydrogens is 586 g/mol. The third kappa shape index (κ3) is 10.2. The number of rotatable bonds is 16. The van der Waals surface area contributed by atoms with Crippen molar-refractivity contribution in [3.8, 4) is 0 Å². The lowest BCUT2D eigenvalue weighted by atomic mass is 9.84. The highest BCUT2D eigenvalue weighted by molar-refractivity contribution is 6.21. The molecule has 3 rings (SSSR count). The van der Waals surface area contributed by atoms with Crippen LogP contribution in [0.15, 0.2) is 60.7 Å². The molecule has 0 radical (unpaired) electrons. The summed E-state index contributed by atoms with van der Waals surface area (Å²) in [6.45, 7) is 3.54. The molecule has 0 aromatic heterocycles. The Morgan fingerprint density at radius 3 is 2.36 bits per heavy atom. The summed E-state index contributed by atoms with van der Waals surface area (Å²) in [7, 11) is 1.37. The molecular formula is C34H42ClNO8. The minimum Gasteiger partial charge on any atom is -0.469 e. The summed E-state index contributed by atoms with van der Waals surface area (Å²) in [5.41, 5.74) is 1.97. The topological polar surface area (TPSA) is 122 Å². The number of carbonyl (C=O) groups excluding carboxylic acids is 3. The Morgan fingerprint density at radius 2 is 1.75 bits per heavy atom. The lowest BCUT2D eigenvalue weighted by Crippen LogP contribution is -2.24. The summed E-state index contributed by atoms with van der Waals surface area (Å²) < 4.78 is 16.3. The zero-order valence-electron chi connectivity index (χ0n) is 25.6. The van der Waals surface area contributed by atoms with Gasteiger partial charge < -0.3 is 14.2 Å². The molecule has 0 aliphatic heterocycles. The van der Waals surface area contributed by atoms with Crippen LogP contribution in [0.4, 0.5) is 5.69 Å². The van der Waals surface area contributed by atoms with Crippen LogP contribution in [-0.4, -0.2) is 41.4 Å². The van der Waals surface area contributed by atoms with E-state index in [-0.39, 0.29) is 46.5 Å². The lowest BCUT2D eigenvalue weighted by molar-refractivity contribution is -0.384. The Kier molecular flexibility index (Phi) is 13.9. The number of halogens is 1. The van der Waals surface area contributed by atoms with Gasteiger partial charge in [0.1, 0.15) is 12.2 Å². The van der Waals surface area contributed by atoms with Gasteiger partial charge in [0, 0.05) is 43.2 Å². The number of methoxy groups -OCH3 is 1. The second kappa shape index (κ2) is 17.5. The fourth-order valence-corrected chi connectivity index (χ4v) is 6.13. The zero-order chi connectivity index (χ0) is 32.1. The van der Waals surface area contributed by atoms with E-state index in [1.54, 1.807) is 0 Å². The second-order valence-corrected chi connectivity index (χ2v) is 11.7. The number of allylic oxidation sites excluding steroid dienone is 2. The van der Waals surface area contributed by atoms with Gasteiger partial charge in [0.2, 0.25) is 0 Å². The number of nitrogens with zero attached hydrogens (tertiary/aromatic N) is 1. The molecule has 5 atom stereocenters. The summed E-state index contributed by atoms with van der Waals surface area (Å²) in [6.07, 6.45) is 9.88. The molecule has 1 aliphatic carbocycles. The van der Waals surface area contributed by atoms with E-state index in [1.165, 1.54) is 38.3 Å². The molecule has 1 saturated carbocycles. The standard InChI is InChI=1S/C34H42ClNO8/c1-4-5-8-12-30(43-23(2)37)24-14-16-25(17-15-24)33-28(11-9-6-7-10-13-32(38)42-3)29(35)22-31(33)44-34(39)26-18-20-27(21-19-26)36(40)41/h6,9,14-21,28-31,33H,4-5,7-8,10-13,22H2,1-3H3/t28-,29+,30?,31?,33+/m0/s1. The Morgan fingerprint density at radius 1 is 1.05 bits per heavy atom. The number of nitro groups is 1. The average molecular weight is 628 g/mol. The van der Waals surface area contributed by atoms with Crippen LogP contribution in [0.1, 0.15) is 105 Å². The number of esters is 3. The number of ether oxygens (including phenoxy) is 3. The highest BCUT2D eigenvalue weighted by Crippen LogP contribution is 2.46. The summed E-state index contributed by atoms with van der Waals surface area (Å²) in [4.78, 5) is 46.8. The third-order valence-corrected chi connectivity index (χ3v) is 8.48. The van der Waals surface area contributed by atoms with Crippen molar-refractivity contribution < 1.29 is 33.5 Å². The van der Waals surface area contributed by atoms with E-state index in [4.69, 9.17) is 25.8 Å². The number of hydrogen-bond donors (Lipinski definition) is 0. The van der Waals surface area contributed by atoms with E-state index < -0.39 is 17.0 Å². The number of alkyl halides is 1. The second-order valence-electron chi connectivity index (χ2n) is 11.1. The van der Waals surface area contributed by atoms with Crippen molar-refractivity contribution in [2.45, 2.75) is 95.1 Å². The number of benzene rings is 2. The largest absolute Gasteiger partial charge is 0.469 e. The minimum absolute atomic E-state index is 0.0390. The van der Waals surface area contributed by atoms with Crippen molar-refractivity contribution in [3.05, 3.63) is 87.5 Å². The maximum absolute atomic E-state index is 13.1. The van der Waals surface area contributed by atoms with Gasteiger partial charge in [-0.15, -0.1) is 11.6 Å². The number of hydrogen-bond acceptors (Lipinski definition) is 8. The van der Waals surface area contributed by atoms with Gasteiger partial charge in [-0.25, -0.2) is 4.79 Å². The molecule has 2 aromatic rings. The van der Waals surface area contributed by atoms with Gasteiger partial charge in [0.25, 0.3) is 5.69 Å². The molecule has 0 spiro atoms. The average Bonchev–Trinajstić information content (AvgIpc) is 3.31. The molecule has 0 bridgehead atoms. The van der Waals surface area contributed by atoms with Crippen LogP contribution in [0.5, 0.6) is 0 Å². The van der Waals surface area contributed by atoms with Crippen LogP contribution in [0.3, 0.4) is 0 Å². The quantitative estimate of drug-likeness (QED) is 0.0349. The molecule has 0 heterocycles. The van der Waals surface area contributed by atoms with Gasteiger partial charge in [-0.05, 0) is 61.3 Å². The maximum Gasteiger partial charge on any atom is 0.338 e. The summed E-state index contributed by atoms with van der Waals surface area (Å²) >= 11 is 6.89. The van der Waals surface area contributed by atoms with E-state index in [0.29, 0.717) is 25.7 Å². The fourth-order valence-electron chi connectivity index (χ4n) is 5.69. The van der Waals surface area contributed by atoms with E-state index >= 15 is 0 Å². The van der Waals surface area contributed by atoms with Gasteiger partial charge in [-0.3, -0.25) is 19.7 Å². The third-order valence-electron chi connectivity index (χ3n) is 7.98. The number of nitro benzene ring substituents is 1. The van der Waals surface area contributed by atoms with E-state index in [2.05, 4.69) is 13.0 Å². The molecule has 2 unspecified atom stereocenters. The van der Waals surface area contributed by atoms with Crippen molar-refractivity contribution in [2.24, 2.45) is 5.92 Å². The van der Waals surface area contributed by atoms with Crippen LogP contribution in [0.25, 0.3) is 0 Å². The minimum atomic E-state index is -0.569. The van der Waals surface area contributed by atoms with Crippen molar-refractivity contribution in [1.29, 1.82) is 0 Å². The highest BCUT2D eigenvalue weighted by atomic mass is 35.5. The zero-order valence-corrected chi connectivity index (χ0v) is 26.4.